The maximum atomic E-state index is 13.5. The summed E-state index contributed by atoms with van der Waals surface area (Å²) in [6, 6.07) is 14.4. The topological polar surface area (TPSA) is 68.9 Å². The van der Waals surface area contributed by atoms with Crippen LogP contribution in [0.15, 0.2) is 65.6 Å². The average molecular weight is 425 g/mol. The molecule has 0 saturated heterocycles. The molecular weight excluding hydrogens is 407 g/mol. The molecule has 0 bridgehead atoms. The standard InChI is InChI=1S/C22H18ClFN4O2/c1-27-19-10-16(24)7-8-18(19)26-20(27)11-25-22(30)15-6-9-21(29)28(13-15)12-14-4-2-3-5-17(14)23/h2-10,13H,11-12H2,1H3,(H,25,30). The van der Waals surface area contributed by atoms with Crippen molar-refractivity contribution in [3.05, 3.63) is 98.9 Å². The van der Waals surface area contributed by atoms with Gasteiger partial charge in [0, 0.05) is 24.3 Å². The van der Waals surface area contributed by atoms with Gasteiger partial charge in [0.05, 0.1) is 29.7 Å². The van der Waals surface area contributed by atoms with Gasteiger partial charge in [0.2, 0.25) is 0 Å². The van der Waals surface area contributed by atoms with E-state index in [0.717, 1.165) is 5.56 Å². The van der Waals surface area contributed by atoms with Crippen molar-refractivity contribution in [1.82, 2.24) is 19.4 Å². The molecule has 0 aliphatic heterocycles. The van der Waals surface area contributed by atoms with E-state index in [4.69, 9.17) is 11.6 Å². The Morgan fingerprint density at radius 1 is 1.17 bits per heavy atom. The van der Waals surface area contributed by atoms with Crippen LogP contribution < -0.4 is 10.9 Å². The first-order chi connectivity index (χ1) is 14.4. The van der Waals surface area contributed by atoms with Gasteiger partial charge in [-0.25, -0.2) is 9.37 Å². The first-order valence-electron chi connectivity index (χ1n) is 9.25. The summed E-state index contributed by atoms with van der Waals surface area (Å²) < 4.78 is 16.6. The molecule has 1 N–H and O–H groups in total. The Kier molecular flexibility index (Phi) is 5.37. The summed E-state index contributed by atoms with van der Waals surface area (Å²) in [7, 11) is 1.76. The number of amides is 1. The van der Waals surface area contributed by atoms with Gasteiger partial charge in [-0.2, -0.15) is 0 Å². The Balaban J connectivity index is 1.52. The van der Waals surface area contributed by atoms with Crippen molar-refractivity contribution in [2.45, 2.75) is 13.1 Å². The maximum absolute atomic E-state index is 13.5. The molecule has 0 unspecified atom stereocenters. The van der Waals surface area contributed by atoms with Crippen molar-refractivity contribution in [3.63, 3.8) is 0 Å². The molecule has 152 valence electrons. The molecule has 4 aromatic rings. The minimum atomic E-state index is -0.346. The van der Waals surface area contributed by atoms with Crippen LogP contribution in [0.5, 0.6) is 0 Å². The summed E-state index contributed by atoms with van der Waals surface area (Å²) in [4.78, 5) is 29.3. The Morgan fingerprint density at radius 2 is 1.97 bits per heavy atom. The van der Waals surface area contributed by atoms with E-state index >= 15 is 0 Å². The molecule has 2 aromatic heterocycles. The second-order valence-electron chi connectivity index (χ2n) is 6.88. The Morgan fingerprint density at radius 3 is 2.77 bits per heavy atom. The highest BCUT2D eigenvalue weighted by molar-refractivity contribution is 6.31. The number of pyridine rings is 1. The van der Waals surface area contributed by atoms with Crippen LogP contribution in [0.4, 0.5) is 4.39 Å². The maximum Gasteiger partial charge on any atom is 0.253 e. The average Bonchev–Trinajstić information content (AvgIpc) is 3.04. The Bertz CT molecular complexity index is 1310. The summed E-state index contributed by atoms with van der Waals surface area (Å²) in [6.07, 6.45) is 1.51. The number of carbonyl (C=O) groups is 1. The van der Waals surface area contributed by atoms with E-state index in [1.54, 1.807) is 23.7 Å². The molecule has 4 rings (SSSR count). The minimum Gasteiger partial charge on any atom is -0.345 e. The smallest absolute Gasteiger partial charge is 0.253 e. The number of rotatable bonds is 5. The molecule has 2 heterocycles. The van der Waals surface area contributed by atoms with E-state index in [1.165, 1.54) is 35.0 Å². The van der Waals surface area contributed by atoms with Gasteiger partial charge in [-0.1, -0.05) is 29.8 Å². The van der Waals surface area contributed by atoms with E-state index < -0.39 is 0 Å². The zero-order valence-corrected chi connectivity index (χ0v) is 16.9. The van der Waals surface area contributed by atoms with E-state index in [2.05, 4.69) is 10.3 Å². The van der Waals surface area contributed by atoms with Crippen LogP contribution in [0.1, 0.15) is 21.7 Å². The number of aromatic nitrogens is 3. The number of hydrogen-bond acceptors (Lipinski definition) is 3. The number of nitrogens with zero attached hydrogens (tertiary/aromatic N) is 3. The molecule has 0 atom stereocenters. The largest absolute Gasteiger partial charge is 0.345 e. The summed E-state index contributed by atoms with van der Waals surface area (Å²) in [5.74, 6) is -0.101. The summed E-state index contributed by atoms with van der Waals surface area (Å²) in [5, 5.41) is 3.35. The van der Waals surface area contributed by atoms with Gasteiger partial charge in [-0.05, 0) is 35.9 Å². The van der Waals surface area contributed by atoms with Gasteiger partial charge in [0.15, 0.2) is 0 Å². The lowest BCUT2D eigenvalue weighted by Crippen LogP contribution is -2.27. The Labute approximate surface area is 176 Å². The molecule has 0 aliphatic rings. The molecule has 8 heteroatoms. The van der Waals surface area contributed by atoms with E-state index in [1.807, 2.05) is 18.2 Å². The third-order valence-electron chi connectivity index (χ3n) is 4.89. The van der Waals surface area contributed by atoms with Gasteiger partial charge >= 0.3 is 0 Å². The molecule has 30 heavy (non-hydrogen) atoms. The third kappa shape index (κ3) is 3.97. The van der Waals surface area contributed by atoms with Crippen molar-refractivity contribution < 1.29 is 9.18 Å². The van der Waals surface area contributed by atoms with Crippen LogP contribution >= 0.6 is 11.6 Å². The Hall–Kier alpha value is -3.45. The van der Waals surface area contributed by atoms with Crippen molar-refractivity contribution in [1.29, 1.82) is 0 Å². The molecule has 0 radical (unpaired) electrons. The number of halogens is 2. The number of nitrogens with one attached hydrogen (secondary N) is 1. The lowest BCUT2D eigenvalue weighted by atomic mass is 10.2. The van der Waals surface area contributed by atoms with Crippen molar-refractivity contribution >= 4 is 28.5 Å². The number of benzene rings is 2. The predicted molar refractivity (Wildman–Crippen MR) is 113 cm³/mol. The molecule has 2 aromatic carbocycles. The molecule has 0 spiro atoms. The summed E-state index contributed by atoms with van der Waals surface area (Å²) in [6.45, 7) is 0.422. The monoisotopic (exact) mass is 424 g/mol. The number of carbonyl (C=O) groups excluding carboxylic acids is 1. The number of hydrogen-bond donors (Lipinski definition) is 1. The van der Waals surface area contributed by atoms with Gasteiger partial charge < -0.3 is 14.5 Å². The van der Waals surface area contributed by atoms with E-state index in [-0.39, 0.29) is 30.4 Å². The van der Waals surface area contributed by atoms with E-state index in [9.17, 15) is 14.0 Å². The third-order valence-corrected chi connectivity index (χ3v) is 5.26. The number of fused-ring (bicyclic) bond motifs is 1. The first kappa shape index (κ1) is 19.8. The van der Waals surface area contributed by atoms with Crippen LogP contribution in [0.2, 0.25) is 5.02 Å². The summed E-state index contributed by atoms with van der Waals surface area (Å²) >= 11 is 6.18. The van der Waals surface area contributed by atoms with Gasteiger partial charge in [0.1, 0.15) is 11.6 Å². The van der Waals surface area contributed by atoms with Crippen LogP contribution in [0.3, 0.4) is 0 Å². The van der Waals surface area contributed by atoms with Gasteiger partial charge in [0.25, 0.3) is 11.5 Å². The van der Waals surface area contributed by atoms with Crippen LogP contribution in [-0.2, 0) is 20.1 Å². The van der Waals surface area contributed by atoms with Crippen molar-refractivity contribution in [2.24, 2.45) is 7.05 Å². The van der Waals surface area contributed by atoms with Crippen LogP contribution in [-0.4, -0.2) is 20.0 Å². The fourth-order valence-electron chi connectivity index (χ4n) is 3.23. The zero-order valence-electron chi connectivity index (χ0n) is 16.1. The van der Waals surface area contributed by atoms with Gasteiger partial charge in [-0.15, -0.1) is 0 Å². The first-order valence-corrected chi connectivity index (χ1v) is 9.63. The molecular formula is C22H18ClFN4O2. The molecule has 0 aliphatic carbocycles. The highest BCUT2D eigenvalue weighted by atomic mass is 35.5. The highest BCUT2D eigenvalue weighted by Gasteiger charge is 2.12. The number of imidazole rings is 1. The molecule has 1 amide bonds. The summed E-state index contributed by atoms with van der Waals surface area (Å²) in [5.41, 5.74) is 2.19. The highest BCUT2D eigenvalue weighted by Crippen LogP contribution is 2.17. The lowest BCUT2D eigenvalue weighted by molar-refractivity contribution is 0.0949. The molecule has 0 saturated carbocycles. The second-order valence-corrected chi connectivity index (χ2v) is 7.29. The molecule has 0 fully saturated rings. The fourth-order valence-corrected chi connectivity index (χ4v) is 3.43. The normalized spacial score (nSPS) is 11.0. The van der Waals surface area contributed by atoms with Gasteiger partial charge in [-0.3, -0.25) is 9.59 Å². The number of aryl methyl sites for hydroxylation is 1. The zero-order chi connectivity index (χ0) is 21.3. The van der Waals surface area contributed by atoms with E-state index in [0.29, 0.717) is 27.4 Å². The minimum absolute atomic E-state index is 0.162. The van der Waals surface area contributed by atoms with Crippen LogP contribution in [0.25, 0.3) is 11.0 Å². The molecule has 6 nitrogen and oxygen atoms in total. The second kappa shape index (κ2) is 8.12. The lowest BCUT2D eigenvalue weighted by Gasteiger charge is -2.10. The predicted octanol–water partition coefficient (Wildman–Crippen LogP) is 3.51. The fraction of sp³-hybridized carbons (Fsp3) is 0.136. The quantitative estimate of drug-likeness (QED) is 0.533. The van der Waals surface area contributed by atoms with Crippen molar-refractivity contribution in [3.8, 4) is 0 Å². The SMILES string of the molecule is Cn1c(CNC(=O)c2ccc(=O)n(Cc3ccccc3Cl)c2)nc2ccc(F)cc21. The van der Waals surface area contributed by atoms with Crippen molar-refractivity contribution in [2.75, 3.05) is 0 Å². The van der Waals surface area contributed by atoms with Crippen LogP contribution in [0, 0.1) is 5.82 Å².